The van der Waals surface area contributed by atoms with Crippen LogP contribution in [0.2, 0.25) is 0 Å². The van der Waals surface area contributed by atoms with E-state index in [0.29, 0.717) is 0 Å². The first-order valence-electron chi connectivity index (χ1n) is 17.3. The van der Waals surface area contributed by atoms with Gasteiger partial charge in [-0.1, -0.05) is 151 Å². The van der Waals surface area contributed by atoms with Gasteiger partial charge < -0.3 is 9.88 Å². The Morgan fingerprint density at radius 3 is 1.94 bits per heavy atom. The number of benzene rings is 7. The highest BCUT2D eigenvalue weighted by molar-refractivity contribution is 8.00. The molecular weight excluding hydrogens is 657 g/mol. The molecule has 0 fully saturated rings. The summed E-state index contributed by atoms with van der Waals surface area (Å²) in [6, 6.07) is 58.0. The van der Waals surface area contributed by atoms with Crippen molar-refractivity contribution in [3.63, 3.8) is 0 Å². The highest BCUT2D eigenvalue weighted by atomic mass is 32.2. The summed E-state index contributed by atoms with van der Waals surface area (Å²) in [5, 5.41) is 6.11. The molecule has 0 atom stereocenters. The average molecular weight is 689 g/mol. The third-order valence-corrected chi connectivity index (χ3v) is 12.2. The lowest BCUT2D eigenvalue weighted by atomic mass is 9.92. The largest absolute Gasteiger partial charge is 0.381 e. The third-order valence-electron chi connectivity index (χ3n) is 9.90. The van der Waals surface area contributed by atoms with Gasteiger partial charge in [-0.25, -0.2) is 0 Å². The van der Waals surface area contributed by atoms with E-state index >= 15 is 0 Å². The Balaban J connectivity index is 1.30. The molecule has 8 aromatic rings. The molecule has 242 valence electrons. The van der Waals surface area contributed by atoms with Crippen molar-refractivity contribution in [1.82, 2.24) is 9.88 Å². The summed E-state index contributed by atoms with van der Waals surface area (Å²) in [5.41, 5.74) is 13.4. The number of nitrogens with one attached hydrogen (secondary N) is 1. The smallest absolute Gasteiger partial charge is 0.0619 e. The molecule has 10 rings (SSSR count). The van der Waals surface area contributed by atoms with Crippen LogP contribution in [-0.2, 0) is 0 Å². The number of aromatic nitrogens is 1. The minimum absolute atomic E-state index is 0.832. The van der Waals surface area contributed by atoms with Gasteiger partial charge in [0.2, 0.25) is 0 Å². The molecule has 0 bridgehead atoms. The molecule has 0 aliphatic carbocycles. The molecule has 2 aliphatic heterocycles. The Morgan fingerprint density at radius 1 is 0.490 bits per heavy atom. The van der Waals surface area contributed by atoms with Crippen molar-refractivity contribution in [2.24, 2.45) is 0 Å². The van der Waals surface area contributed by atoms with E-state index in [1.807, 2.05) is 23.5 Å². The second kappa shape index (κ2) is 12.6. The predicted molar refractivity (Wildman–Crippen MR) is 217 cm³/mol. The molecule has 51 heavy (non-hydrogen) atoms. The van der Waals surface area contributed by atoms with Crippen molar-refractivity contribution in [1.29, 1.82) is 0 Å². The van der Waals surface area contributed by atoms with E-state index in [-0.39, 0.29) is 0 Å². The van der Waals surface area contributed by atoms with Gasteiger partial charge in [0, 0.05) is 59.4 Å². The fraction of sp³-hybridized carbons (Fsp3) is 0.0213. The quantitative estimate of drug-likeness (QED) is 0.199. The lowest BCUT2D eigenvalue weighted by molar-refractivity contribution is 0.994. The molecule has 0 amide bonds. The Hall–Kier alpha value is -5.68. The molecule has 0 spiro atoms. The van der Waals surface area contributed by atoms with Gasteiger partial charge in [0.15, 0.2) is 0 Å². The standard InChI is InChI=1S/C47H32N2S2/c1-2-14-32(15-3-1)49-41-23-7-4-16-33(41)37-20-12-21-38(47(37)49)36-19-13-26-44-46(36)39-28-27-31(40-22-10-11-29-48-40)30-45(39)51-43-25-9-6-18-35(43)34-17-5-8-24-42(34)50-44/h1-28,30,48H,29H2. The summed E-state index contributed by atoms with van der Waals surface area (Å²) >= 11 is 3.74. The minimum Gasteiger partial charge on any atom is -0.381 e. The third kappa shape index (κ3) is 5.14. The molecule has 0 saturated carbocycles. The van der Waals surface area contributed by atoms with Gasteiger partial charge in [-0.15, -0.1) is 0 Å². The van der Waals surface area contributed by atoms with Gasteiger partial charge in [-0.3, -0.25) is 0 Å². The molecule has 1 aromatic heterocycles. The second-order valence-corrected chi connectivity index (χ2v) is 15.0. The number of dihydropyridines is 1. The maximum absolute atomic E-state index is 3.59. The van der Waals surface area contributed by atoms with Crippen LogP contribution in [0.3, 0.4) is 0 Å². The number of fused-ring (bicyclic) bond motifs is 9. The summed E-state index contributed by atoms with van der Waals surface area (Å²) in [6.07, 6.45) is 6.48. The first-order chi connectivity index (χ1) is 25.3. The number of hydrogen-bond acceptors (Lipinski definition) is 3. The monoisotopic (exact) mass is 688 g/mol. The van der Waals surface area contributed by atoms with Crippen LogP contribution in [-0.4, -0.2) is 11.1 Å². The van der Waals surface area contributed by atoms with Gasteiger partial charge in [-0.2, -0.15) is 0 Å². The van der Waals surface area contributed by atoms with Crippen molar-refractivity contribution in [3.05, 3.63) is 182 Å². The van der Waals surface area contributed by atoms with Gasteiger partial charge in [0.05, 0.1) is 11.0 Å². The van der Waals surface area contributed by atoms with Crippen LogP contribution >= 0.6 is 23.5 Å². The lowest BCUT2D eigenvalue weighted by Gasteiger charge is -2.23. The Labute approximate surface area is 306 Å². The van der Waals surface area contributed by atoms with E-state index in [1.54, 1.807) is 0 Å². The van der Waals surface area contributed by atoms with Gasteiger partial charge in [0.25, 0.3) is 0 Å². The zero-order valence-electron chi connectivity index (χ0n) is 27.7. The van der Waals surface area contributed by atoms with Crippen molar-refractivity contribution in [2.75, 3.05) is 6.54 Å². The Morgan fingerprint density at radius 2 is 1.14 bits per heavy atom. The van der Waals surface area contributed by atoms with Crippen LogP contribution < -0.4 is 5.32 Å². The average Bonchev–Trinajstić information content (AvgIpc) is 3.54. The highest BCUT2D eigenvalue weighted by Crippen LogP contribution is 2.52. The minimum atomic E-state index is 0.832. The van der Waals surface area contributed by atoms with Crippen LogP contribution in [0, 0.1) is 0 Å². The molecule has 0 unspecified atom stereocenters. The topological polar surface area (TPSA) is 17.0 Å². The van der Waals surface area contributed by atoms with E-state index in [9.17, 15) is 0 Å². The molecule has 7 aromatic carbocycles. The van der Waals surface area contributed by atoms with Crippen LogP contribution in [0.25, 0.3) is 66.6 Å². The normalized spacial score (nSPS) is 13.5. The van der Waals surface area contributed by atoms with Crippen molar-refractivity contribution < 1.29 is 0 Å². The first-order valence-corrected chi connectivity index (χ1v) is 19.0. The maximum atomic E-state index is 3.59. The molecule has 2 aliphatic rings. The van der Waals surface area contributed by atoms with E-state index in [4.69, 9.17) is 0 Å². The van der Waals surface area contributed by atoms with Crippen molar-refractivity contribution >= 4 is 51.0 Å². The number of allylic oxidation sites excluding steroid dienone is 2. The SMILES string of the molecule is C1=CCNC(c2ccc3c(c2)Sc2ccccc2-c2ccccc2Sc2cccc(-c4cccc5c6ccccc6n(-c6ccccc6)c45)c2-3)=C1. The second-order valence-electron chi connectivity index (χ2n) is 12.9. The van der Waals surface area contributed by atoms with Gasteiger partial charge in [-0.05, 0) is 76.4 Å². The van der Waals surface area contributed by atoms with Crippen LogP contribution in [0.15, 0.2) is 196 Å². The van der Waals surface area contributed by atoms with E-state index in [2.05, 4.69) is 186 Å². The predicted octanol–water partition coefficient (Wildman–Crippen LogP) is 12.9. The van der Waals surface area contributed by atoms with Crippen LogP contribution in [0.5, 0.6) is 0 Å². The van der Waals surface area contributed by atoms with E-state index < -0.39 is 0 Å². The zero-order chi connectivity index (χ0) is 33.7. The summed E-state index contributed by atoms with van der Waals surface area (Å²) < 4.78 is 2.45. The number of rotatable bonds is 3. The molecule has 3 heterocycles. The molecule has 4 heteroatoms. The van der Waals surface area contributed by atoms with Gasteiger partial charge in [0.1, 0.15) is 0 Å². The van der Waals surface area contributed by atoms with Crippen LogP contribution in [0.1, 0.15) is 5.56 Å². The van der Waals surface area contributed by atoms with Crippen LogP contribution in [0.4, 0.5) is 0 Å². The molecule has 0 saturated heterocycles. The zero-order valence-corrected chi connectivity index (χ0v) is 29.3. The first kappa shape index (κ1) is 30.2. The van der Waals surface area contributed by atoms with E-state index in [0.717, 1.165) is 17.9 Å². The Kier molecular flexibility index (Phi) is 7.44. The maximum Gasteiger partial charge on any atom is 0.0619 e. The fourth-order valence-electron chi connectivity index (χ4n) is 7.63. The molecule has 2 nitrogen and oxygen atoms in total. The summed E-state index contributed by atoms with van der Waals surface area (Å²) in [6.45, 7) is 0.832. The van der Waals surface area contributed by atoms with E-state index in [1.165, 1.54) is 80.3 Å². The molecule has 0 radical (unpaired) electrons. The van der Waals surface area contributed by atoms with Crippen molar-refractivity contribution in [3.8, 4) is 39.1 Å². The summed E-state index contributed by atoms with van der Waals surface area (Å²) in [5.74, 6) is 0. The summed E-state index contributed by atoms with van der Waals surface area (Å²) in [7, 11) is 0. The molecular formula is C47H32N2S2. The number of hydrogen-bond donors (Lipinski definition) is 1. The highest BCUT2D eigenvalue weighted by Gasteiger charge is 2.24. The van der Waals surface area contributed by atoms with Crippen molar-refractivity contribution in [2.45, 2.75) is 19.6 Å². The lowest BCUT2D eigenvalue weighted by Crippen LogP contribution is -2.14. The number of para-hydroxylation sites is 3. The Bertz CT molecular complexity index is 2700. The number of nitrogens with zero attached hydrogens (tertiary/aromatic N) is 1. The molecule has 1 N–H and O–H groups in total. The van der Waals surface area contributed by atoms with Gasteiger partial charge >= 0.3 is 0 Å². The summed E-state index contributed by atoms with van der Waals surface area (Å²) in [4.78, 5) is 4.98. The fourth-order valence-corrected chi connectivity index (χ4v) is 9.91.